The van der Waals surface area contributed by atoms with Crippen LogP contribution in [0.25, 0.3) is 0 Å². The Morgan fingerprint density at radius 3 is 2.73 bits per heavy atom. The fourth-order valence-corrected chi connectivity index (χ4v) is 4.36. The van der Waals surface area contributed by atoms with Gasteiger partial charge in [0.05, 0.1) is 9.95 Å². The highest BCUT2D eigenvalue weighted by atomic mass is 35.5. The summed E-state index contributed by atoms with van der Waals surface area (Å²) >= 11 is 5.87. The van der Waals surface area contributed by atoms with Crippen molar-refractivity contribution in [3.05, 3.63) is 33.3 Å². The Hall–Kier alpha value is -0.930. The lowest BCUT2D eigenvalue weighted by molar-refractivity contribution is -0.387. The molecular formula is C12H17Cl2N3O4S. The van der Waals surface area contributed by atoms with Gasteiger partial charge in [-0.2, -0.15) is 0 Å². The fourth-order valence-electron chi connectivity index (χ4n) is 2.31. The number of rotatable bonds is 4. The van der Waals surface area contributed by atoms with Crippen molar-refractivity contribution in [2.75, 3.05) is 13.1 Å². The van der Waals surface area contributed by atoms with Gasteiger partial charge in [0, 0.05) is 18.7 Å². The topological polar surface area (TPSA) is 101 Å². The monoisotopic (exact) mass is 369 g/mol. The van der Waals surface area contributed by atoms with Crippen molar-refractivity contribution in [3.8, 4) is 0 Å². The van der Waals surface area contributed by atoms with Crippen LogP contribution in [0.15, 0.2) is 23.1 Å². The normalized spacial score (nSPS) is 21.9. The minimum absolute atomic E-state index is 0. The van der Waals surface area contributed by atoms with Crippen molar-refractivity contribution in [2.45, 2.75) is 24.3 Å². The molecule has 0 spiro atoms. The first kappa shape index (κ1) is 19.1. The van der Waals surface area contributed by atoms with Crippen LogP contribution in [-0.4, -0.2) is 32.5 Å². The lowest BCUT2D eigenvalue weighted by Gasteiger charge is -2.29. The molecule has 7 nitrogen and oxygen atoms in total. The molecule has 0 saturated carbocycles. The summed E-state index contributed by atoms with van der Waals surface area (Å²) in [6, 6.07) is 3.48. The molecule has 1 aliphatic heterocycles. The van der Waals surface area contributed by atoms with E-state index in [0.29, 0.717) is 6.54 Å². The highest BCUT2D eigenvalue weighted by Crippen LogP contribution is 2.31. The summed E-state index contributed by atoms with van der Waals surface area (Å²) < 4.78 is 27.4. The Morgan fingerprint density at radius 1 is 1.45 bits per heavy atom. The van der Waals surface area contributed by atoms with E-state index in [-0.39, 0.29) is 29.4 Å². The van der Waals surface area contributed by atoms with E-state index in [0.717, 1.165) is 19.0 Å². The maximum absolute atomic E-state index is 12.5. The van der Waals surface area contributed by atoms with Gasteiger partial charge in [-0.25, -0.2) is 13.1 Å². The van der Waals surface area contributed by atoms with Crippen LogP contribution >= 0.6 is 24.0 Å². The van der Waals surface area contributed by atoms with Crippen LogP contribution in [0.3, 0.4) is 0 Å². The van der Waals surface area contributed by atoms with E-state index in [1.807, 2.05) is 6.92 Å². The smallest absolute Gasteiger partial charge is 0.290 e. The predicted octanol–water partition coefficient (Wildman–Crippen LogP) is 1.95. The third-order valence-corrected chi connectivity index (χ3v) is 5.55. The molecular weight excluding hydrogens is 353 g/mol. The van der Waals surface area contributed by atoms with Gasteiger partial charge < -0.3 is 5.32 Å². The first-order valence-corrected chi connectivity index (χ1v) is 8.35. The zero-order chi connectivity index (χ0) is 15.6. The molecule has 1 aromatic carbocycles. The SMILES string of the molecule is CC1CCNCC1NS(=O)(=O)c1c(Cl)cccc1[N+](=O)[O-].Cl. The number of nitro benzene ring substituents is 1. The minimum atomic E-state index is -4.06. The van der Waals surface area contributed by atoms with Crippen molar-refractivity contribution in [1.82, 2.24) is 10.0 Å². The molecule has 1 fully saturated rings. The maximum atomic E-state index is 12.5. The summed E-state index contributed by atoms with van der Waals surface area (Å²) in [7, 11) is -4.06. The van der Waals surface area contributed by atoms with Crippen LogP contribution in [0.1, 0.15) is 13.3 Å². The molecule has 0 bridgehead atoms. The third kappa shape index (κ3) is 4.08. The summed E-state index contributed by atoms with van der Waals surface area (Å²) in [6.45, 7) is 3.25. The maximum Gasteiger partial charge on any atom is 0.290 e. The van der Waals surface area contributed by atoms with Gasteiger partial charge in [-0.05, 0) is 24.9 Å². The zero-order valence-corrected chi connectivity index (χ0v) is 14.2. The van der Waals surface area contributed by atoms with Crippen molar-refractivity contribution in [1.29, 1.82) is 0 Å². The molecule has 124 valence electrons. The Labute approximate surface area is 140 Å². The second kappa shape index (κ2) is 7.56. The standard InChI is InChI=1S/C12H16ClN3O4S.ClH/c1-8-5-6-14-7-10(8)15-21(19,20)12-9(13)3-2-4-11(12)16(17)18;/h2-4,8,10,14-15H,5-7H2,1H3;1H. The lowest BCUT2D eigenvalue weighted by atomic mass is 9.96. The van der Waals surface area contributed by atoms with Crippen molar-refractivity contribution >= 4 is 39.7 Å². The van der Waals surface area contributed by atoms with Gasteiger partial charge in [0.2, 0.25) is 10.0 Å². The van der Waals surface area contributed by atoms with Crippen LogP contribution in [0.4, 0.5) is 5.69 Å². The third-order valence-electron chi connectivity index (χ3n) is 3.55. The molecule has 0 radical (unpaired) electrons. The van der Waals surface area contributed by atoms with Gasteiger partial charge in [0.1, 0.15) is 0 Å². The number of halogens is 2. The number of hydrogen-bond acceptors (Lipinski definition) is 5. The van der Waals surface area contributed by atoms with Gasteiger partial charge in [-0.3, -0.25) is 10.1 Å². The highest BCUT2D eigenvalue weighted by Gasteiger charge is 2.33. The number of nitrogens with zero attached hydrogens (tertiary/aromatic N) is 1. The molecule has 1 saturated heterocycles. The molecule has 2 atom stereocenters. The Balaban J connectivity index is 0.00000242. The van der Waals surface area contributed by atoms with E-state index >= 15 is 0 Å². The van der Waals surface area contributed by atoms with Gasteiger partial charge in [-0.15, -0.1) is 12.4 Å². The second-order valence-corrected chi connectivity index (χ2v) is 7.10. The van der Waals surface area contributed by atoms with Crippen molar-refractivity contribution in [2.24, 2.45) is 5.92 Å². The number of benzene rings is 1. The number of nitro groups is 1. The Morgan fingerprint density at radius 2 is 2.14 bits per heavy atom. The van der Waals surface area contributed by atoms with Gasteiger partial charge in [0.15, 0.2) is 4.90 Å². The average molecular weight is 370 g/mol. The molecule has 10 heteroatoms. The molecule has 2 N–H and O–H groups in total. The molecule has 0 aromatic heterocycles. The second-order valence-electron chi connectivity index (χ2n) is 5.04. The quantitative estimate of drug-likeness (QED) is 0.623. The van der Waals surface area contributed by atoms with E-state index in [1.54, 1.807) is 0 Å². The minimum Gasteiger partial charge on any atom is -0.315 e. The van der Waals surface area contributed by atoms with Crippen LogP contribution < -0.4 is 10.0 Å². The van der Waals surface area contributed by atoms with E-state index in [2.05, 4.69) is 10.0 Å². The van der Waals surface area contributed by atoms with Gasteiger partial charge >= 0.3 is 0 Å². The van der Waals surface area contributed by atoms with Crippen LogP contribution in [0, 0.1) is 16.0 Å². The highest BCUT2D eigenvalue weighted by molar-refractivity contribution is 7.89. The van der Waals surface area contributed by atoms with Gasteiger partial charge in [-0.1, -0.05) is 24.6 Å². The summed E-state index contributed by atoms with van der Waals surface area (Å²) in [4.78, 5) is 9.80. The number of hydrogen-bond donors (Lipinski definition) is 2. The molecule has 1 aliphatic rings. The fraction of sp³-hybridized carbons (Fsp3) is 0.500. The average Bonchev–Trinajstić information content (AvgIpc) is 2.40. The van der Waals surface area contributed by atoms with E-state index in [4.69, 9.17) is 11.6 Å². The van der Waals surface area contributed by atoms with Crippen LogP contribution in [-0.2, 0) is 10.0 Å². The Kier molecular flexibility index (Phi) is 6.57. The predicted molar refractivity (Wildman–Crippen MR) is 86.1 cm³/mol. The lowest BCUT2D eigenvalue weighted by Crippen LogP contribution is -2.50. The van der Waals surface area contributed by atoms with Crippen molar-refractivity contribution < 1.29 is 13.3 Å². The molecule has 1 aromatic rings. The van der Waals surface area contributed by atoms with Crippen LogP contribution in [0.5, 0.6) is 0 Å². The van der Waals surface area contributed by atoms with E-state index in [1.165, 1.54) is 12.1 Å². The summed E-state index contributed by atoms with van der Waals surface area (Å²) in [5.74, 6) is 0.141. The first-order valence-electron chi connectivity index (χ1n) is 6.49. The molecule has 22 heavy (non-hydrogen) atoms. The van der Waals surface area contributed by atoms with Crippen molar-refractivity contribution in [3.63, 3.8) is 0 Å². The summed E-state index contributed by atoms with van der Waals surface area (Å²) in [5.41, 5.74) is -0.522. The number of nitrogens with one attached hydrogen (secondary N) is 2. The largest absolute Gasteiger partial charge is 0.315 e. The zero-order valence-electron chi connectivity index (χ0n) is 11.8. The number of piperidine rings is 1. The summed E-state index contributed by atoms with van der Waals surface area (Å²) in [6.07, 6.45) is 0.831. The first-order chi connectivity index (χ1) is 9.83. The van der Waals surface area contributed by atoms with Crippen LogP contribution in [0.2, 0.25) is 5.02 Å². The molecule has 1 heterocycles. The van der Waals surface area contributed by atoms with E-state index < -0.39 is 25.5 Å². The molecule has 0 amide bonds. The molecule has 0 aliphatic carbocycles. The van der Waals surface area contributed by atoms with Gasteiger partial charge in [0.25, 0.3) is 5.69 Å². The molecule has 2 unspecified atom stereocenters. The number of sulfonamides is 1. The van der Waals surface area contributed by atoms with E-state index in [9.17, 15) is 18.5 Å². The summed E-state index contributed by atoms with van der Waals surface area (Å²) in [5, 5.41) is 14.0. The molecule has 2 rings (SSSR count). The Bertz CT molecular complexity index is 654.